The minimum absolute atomic E-state index is 0.0244. The number of nitrogens with one attached hydrogen (secondary N) is 1. The van der Waals surface area contributed by atoms with Crippen LogP contribution in [-0.4, -0.2) is 14.3 Å². The number of nitrogens with two attached hydrogens (primary N) is 1. The molecule has 0 aliphatic carbocycles. The Labute approximate surface area is 158 Å². The highest BCUT2D eigenvalue weighted by atomic mass is 32.2. The Balaban J connectivity index is 1.69. The van der Waals surface area contributed by atoms with Gasteiger partial charge in [-0.2, -0.15) is 0 Å². The molecule has 0 radical (unpaired) electrons. The maximum atomic E-state index is 12.4. The molecule has 6 heteroatoms. The fraction of sp³-hybridized carbons (Fsp3) is 0.0952. The van der Waals surface area contributed by atoms with Crippen LogP contribution in [0.15, 0.2) is 83.8 Å². The van der Waals surface area contributed by atoms with Gasteiger partial charge in [-0.05, 0) is 47.9 Å². The van der Waals surface area contributed by atoms with Crippen molar-refractivity contribution in [3.63, 3.8) is 0 Å². The summed E-state index contributed by atoms with van der Waals surface area (Å²) in [6.07, 6.45) is 0. The maximum absolute atomic E-state index is 12.4. The van der Waals surface area contributed by atoms with E-state index in [9.17, 15) is 13.2 Å². The van der Waals surface area contributed by atoms with E-state index in [1.54, 1.807) is 0 Å². The molecule has 1 atom stereocenters. The van der Waals surface area contributed by atoms with E-state index in [0.717, 1.165) is 16.7 Å². The van der Waals surface area contributed by atoms with Crippen LogP contribution in [-0.2, 0) is 10.0 Å². The molecule has 5 nitrogen and oxygen atoms in total. The third-order valence-corrected chi connectivity index (χ3v) is 5.24. The number of sulfonamides is 1. The second kappa shape index (κ2) is 7.73. The largest absolute Gasteiger partial charge is 0.346 e. The molecule has 0 heterocycles. The fourth-order valence-electron chi connectivity index (χ4n) is 2.75. The summed E-state index contributed by atoms with van der Waals surface area (Å²) in [5.74, 6) is -0.282. The second-order valence-electron chi connectivity index (χ2n) is 6.25. The van der Waals surface area contributed by atoms with Gasteiger partial charge in [0.25, 0.3) is 5.91 Å². The normalized spacial score (nSPS) is 12.4. The lowest BCUT2D eigenvalue weighted by Crippen LogP contribution is -2.26. The smallest absolute Gasteiger partial charge is 0.251 e. The first-order valence-corrected chi connectivity index (χ1v) is 9.98. The molecule has 0 bridgehead atoms. The lowest BCUT2D eigenvalue weighted by atomic mass is 10.0. The van der Waals surface area contributed by atoms with Gasteiger partial charge in [-0.3, -0.25) is 4.79 Å². The van der Waals surface area contributed by atoms with Gasteiger partial charge in [0.1, 0.15) is 0 Å². The summed E-state index contributed by atoms with van der Waals surface area (Å²) < 4.78 is 22.6. The number of hydrogen-bond acceptors (Lipinski definition) is 3. The topological polar surface area (TPSA) is 89.3 Å². The number of benzene rings is 3. The zero-order valence-corrected chi connectivity index (χ0v) is 15.6. The molecule has 3 aromatic carbocycles. The van der Waals surface area contributed by atoms with Gasteiger partial charge in [-0.1, -0.05) is 54.6 Å². The van der Waals surface area contributed by atoms with Crippen molar-refractivity contribution in [2.75, 3.05) is 0 Å². The molecule has 3 N–H and O–H groups in total. The molecule has 0 saturated heterocycles. The first-order valence-electron chi connectivity index (χ1n) is 8.44. The molecule has 27 heavy (non-hydrogen) atoms. The molecule has 0 fully saturated rings. The van der Waals surface area contributed by atoms with E-state index < -0.39 is 10.0 Å². The van der Waals surface area contributed by atoms with Crippen molar-refractivity contribution in [1.29, 1.82) is 0 Å². The molecular formula is C21H20N2O3S. The van der Waals surface area contributed by atoms with E-state index >= 15 is 0 Å². The van der Waals surface area contributed by atoms with Crippen molar-refractivity contribution in [1.82, 2.24) is 5.32 Å². The van der Waals surface area contributed by atoms with E-state index in [1.165, 1.54) is 24.3 Å². The summed E-state index contributed by atoms with van der Waals surface area (Å²) >= 11 is 0. The van der Waals surface area contributed by atoms with Crippen molar-refractivity contribution in [3.8, 4) is 11.1 Å². The van der Waals surface area contributed by atoms with Crippen LogP contribution in [0.2, 0.25) is 0 Å². The lowest BCUT2D eigenvalue weighted by molar-refractivity contribution is 0.0940. The van der Waals surface area contributed by atoms with Gasteiger partial charge in [-0.25, -0.2) is 13.6 Å². The average molecular weight is 380 g/mol. The van der Waals surface area contributed by atoms with Crippen molar-refractivity contribution < 1.29 is 13.2 Å². The van der Waals surface area contributed by atoms with Crippen molar-refractivity contribution >= 4 is 15.9 Å². The lowest BCUT2D eigenvalue weighted by Gasteiger charge is -2.15. The van der Waals surface area contributed by atoms with Crippen LogP contribution < -0.4 is 10.5 Å². The molecular weight excluding hydrogens is 360 g/mol. The van der Waals surface area contributed by atoms with Crippen LogP contribution >= 0.6 is 0 Å². The predicted molar refractivity (Wildman–Crippen MR) is 106 cm³/mol. The summed E-state index contributed by atoms with van der Waals surface area (Å²) in [4.78, 5) is 12.4. The van der Waals surface area contributed by atoms with Crippen LogP contribution in [0.4, 0.5) is 0 Å². The first-order chi connectivity index (χ1) is 12.8. The summed E-state index contributed by atoms with van der Waals surface area (Å²) in [6.45, 7) is 1.90. The fourth-order valence-corrected chi connectivity index (χ4v) is 3.27. The van der Waals surface area contributed by atoms with Crippen LogP contribution in [0, 0.1) is 0 Å². The SMILES string of the molecule is C[C@H](NC(=O)c1ccc(S(N)(=O)=O)cc1)c1ccc(-c2ccccc2)cc1. The Bertz CT molecular complexity index is 1030. The molecule has 0 unspecified atom stereocenters. The number of rotatable bonds is 5. The minimum atomic E-state index is -3.77. The molecule has 138 valence electrons. The molecule has 0 aliphatic rings. The molecule has 0 saturated carbocycles. The van der Waals surface area contributed by atoms with Crippen molar-refractivity contribution in [2.45, 2.75) is 17.9 Å². The van der Waals surface area contributed by atoms with Crippen molar-refractivity contribution in [2.24, 2.45) is 5.14 Å². The minimum Gasteiger partial charge on any atom is -0.346 e. The molecule has 3 rings (SSSR count). The quantitative estimate of drug-likeness (QED) is 0.710. The standard InChI is InChI=1S/C21H20N2O3S/c1-15(16-7-9-18(10-8-16)17-5-3-2-4-6-17)23-21(24)19-11-13-20(14-12-19)27(22,25)26/h2-15H,1H3,(H,23,24)(H2,22,25,26)/t15-/m0/s1. The average Bonchev–Trinajstić information content (AvgIpc) is 2.68. The molecule has 0 aliphatic heterocycles. The number of amides is 1. The first kappa shape index (κ1) is 18.8. The Hall–Kier alpha value is -2.96. The number of primary sulfonamides is 1. The Morgan fingerprint density at radius 2 is 1.41 bits per heavy atom. The van der Waals surface area contributed by atoms with Crippen LogP contribution in [0.1, 0.15) is 28.9 Å². The molecule has 1 amide bonds. The third kappa shape index (κ3) is 4.61. The van der Waals surface area contributed by atoms with E-state index in [4.69, 9.17) is 5.14 Å². The van der Waals surface area contributed by atoms with E-state index in [2.05, 4.69) is 5.32 Å². The van der Waals surface area contributed by atoms with E-state index in [0.29, 0.717) is 5.56 Å². The Morgan fingerprint density at radius 3 is 1.96 bits per heavy atom. The van der Waals surface area contributed by atoms with Gasteiger partial charge < -0.3 is 5.32 Å². The zero-order chi connectivity index (χ0) is 19.4. The number of carbonyl (C=O) groups excluding carboxylic acids is 1. The molecule has 0 aromatic heterocycles. The van der Waals surface area contributed by atoms with Crippen LogP contribution in [0.5, 0.6) is 0 Å². The second-order valence-corrected chi connectivity index (χ2v) is 7.81. The van der Waals surface area contributed by atoms with E-state index in [-0.39, 0.29) is 16.8 Å². The van der Waals surface area contributed by atoms with Gasteiger partial charge >= 0.3 is 0 Å². The van der Waals surface area contributed by atoms with Crippen LogP contribution in [0.25, 0.3) is 11.1 Å². The molecule has 3 aromatic rings. The van der Waals surface area contributed by atoms with Gasteiger partial charge in [0.05, 0.1) is 10.9 Å². The molecule has 0 spiro atoms. The van der Waals surface area contributed by atoms with Gasteiger partial charge in [-0.15, -0.1) is 0 Å². The highest BCUT2D eigenvalue weighted by Gasteiger charge is 2.13. The monoisotopic (exact) mass is 380 g/mol. The predicted octanol–water partition coefficient (Wildman–Crippen LogP) is 3.49. The zero-order valence-electron chi connectivity index (χ0n) is 14.8. The number of hydrogen-bond donors (Lipinski definition) is 2. The van der Waals surface area contributed by atoms with Gasteiger partial charge in [0, 0.05) is 5.56 Å². The summed E-state index contributed by atoms with van der Waals surface area (Å²) in [5, 5.41) is 7.98. The highest BCUT2D eigenvalue weighted by molar-refractivity contribution is 7.89. The highest BCUT2D eigenvalue weighted by Crippen LogP contribution is 2.22. The van der Waals surface area contributed by atoms with E-state index in [1.807, 2.05) is 61.5 Å². The summed E-state index contributed by atoms with van der Waals surface area (Å²) in [5.41, 5.74) is 3.59. The van der Waals surface area contributed by atoms with Crippen LogP contribution in [0.3, 0.4) is 0 Å². The Kier molecular flexibility index (Phi) is 5.39. The summed E-state index contributed by atoms with van der Waals surface area (Å²) in [7, 11) is -3.77. The summed E-state index contributed by atoms with van der Waals surface area (Å²) in [6, 6.07) is 23.4. The van der Waals surface area contributed by atoms with Gasteiger partial charge in [0.15, 0.2) is 0 Å². The maximum Gasteiger partial charge on any atom is 0.251 e. The Morgan fingerprint density at radius 1 is 0.852 bits per heavy atom. The van der Waals surface area contributed by atoms with Gasteiger partial charge in [0.2, 0.25) is 10.0 Å². The van der Waals surface area contributed by atoms with Crippen molar-refractivity contribution in [3.05, 3.63) is 90.0 Å². The number of carbonyl (C=O) groups is 1. The third-order valence-electron chi connectivity index (χ3n) is 4.31.